The zero-order valence-electron chi connectivity index (χ0n) is 11.3. The minimum Gasteiger partial charge on any atom is -0.488 e. The smallest absolute Gasteiger partial charge is 0.277 e. The molecule has 0 spiro atoms. The first kappa shape index (κ1) is 15.8. The van der Waals surface area contributed by atoms with E-state index in [0.717, 1.165) is 11.1 Å². The first-order valence-electron chi connectivity index (χ1n) is 6.23. The van der Waals surface area contributed by atoms with Gasteiger partial charge in [-0.05, 0) is 19.1 Å². The molecule has 0 N–H and O–H groups in total. The van der Waals surface area contributed by atoms with Gasteiger partial charge in [0.1, 0.15) is 12.4 Å². The largest absolute Gasteiger partial charge is 0.488 e. The monoisotopic (exact) mass is 369 g/mol. The van der Waals surface area contributed by atoms with Gasteiger partial charge in [0, 0.05) is 17.0 Å². The van der Waals surface area contributed by atoms with Crippen LogP contribution < -0.4 is 4.74 Å². The number of hydrogen-bond acceptors (Lipinski definition) is 3. The first-order valence-corrected chi connectivity index (χ1v) is 7.73. The number of alkyl halides is 1. The topological polar surface area (TPSA) is 52.4 Å². The highest BCUT2D eigenvalue weighted by Crippen LogP contribution is 2.29. The van der Waals surface area contributed by atoms with Crippen molar-refractivity contribution < 1.29 is 9.66 Å². The van der Waals surface area contributed by atoms with Gasteiger partial charge in [0.25, 0.3) is 5.69 Å². The summed E-state index contributed by atoms with van der Waals surface area (Å²) >= 11 is 9.45. The summed E-state index contributed by atoms with van der Waals surface area (Å²) in [4.78, 5) is 10.6. The van der Waals surface area contributed by atoms with Gasteiger partial charge < -0.3 is 4.74 Å². The Bertz CT molecular complexity index is 676. The van der Waals surface area contributed by atoms with E-state index in [1.165, 1.54) is 6.07 Å². The second kappa shape index (κ2) is 6.91. The van der Waals surface area contributed by atoms with Crippen LogP contribution in [-0.4, -0.2) is 4.92 Å². The zero-order chi connectivity index (χ0) is 15.4. The van der Waals surface area contributed by atoms with Crippen LogP contribution in [0, 0.1) is 17.0 Å². The molecule has 4 nitrogen and oxygen atoms in total. The molecule has 0 aliphatic heterocycles. The lowest BCUT2D eigenvalue weighted by atomic mass is 10.1. The van der Waals surface area contributed by atoms with Crippen molar-refractivity contribution in [1.82, 2.24) is 0 Å². The Morgan fingerprint density at radius 1 is 1.33 bits per heavy atom. The van der Waals surface area contributed by atoms with Crippen molar-refractivity contribution in [2.45, 2.75) is 18.9 Å². The number of nitrogens with zero attached hydrogens (tertiary/aromatic N) is 1. The average molecular weight is 371 g/mol. The van der Waals surface area contributed by atoms with Crippen molar-refractivity contribution in [3.05, 3.63) is 68.2 Å². The highest BCUT2D eigenvalue weighted by atomic mass is 79.9. The number of hydrogen-bond donors (Lipinski definition) is 0. The molecule has 0 fully saturated rings. The molecule has 0 amide bonds. The lowest BCUT2D eigenvalue weighted by Gasteiger charge is -2.12. The molecule has 0 aliphatic rings. The summed E-state index contributed by atoms with van der Waals surface area (Å²) in [6.45, 7) is 2.05. The molecular formula is C15H13BrClNO3. The van der Waals surface area contributed by atoms with Crippen LogP contribution in [0.2, 0.25) is 5.02 Å². The number of rotatable bonds is 5. The van der Waals surface area contributed by atoms with Crippen molar-refractivity contribution in [3.63, 3.8) is 0 Å². The molecule has 0 saturated carbocycles. The van der Waals surface area contributed by atoms with Crippen molar-refractivity contribution >= 4 is 33.2 Å². The summed E-state index contributed by atoms with van der Waals surface area (Å²) in [6, 6.07) is 10.4. The Labute approximate surface area is 136 Å². The van der Waals surface area contributed by atoms with Gasteiger partial charge in [-0.2, -0.15) is 0 Å². The number of nitro benzene ring substituents is 1. The van der Waals surface area contributed by atoms with E-state index in [2.05, 4.69) is 15.9 Å². The molecule has 21 heavy (non-hydrogen) atoms. The van der Waals surface area contributed by atoms with Gasteiger partial charge in [-0.3, -0.25) is 10.1 Å². The number of benzene rings is 2. The lowest BCUT2D eigenvalue weighted by molar-refractivity contribution is -0.385. The number of aryl methyl sites for hydroxylation is 1. The van der Waals surface area contributed by atoms with Crippen LogP contribution in [0.4, 0.5) is 5.69 Å². The molecule has 2 rings (SSSR count). The van der Waals surface area contributed by atoms with E-state index in [1.54, 1.807) is 12.1 Å². The first-order chi connectivity index (χ1) is 10.0. The lowest BCUT2D eigenvalue weighted by Crippen LogP contribution is -2.03. The Balaban J connectivity index is 2.27. The predicted molar refractivity (Wildman–Crippen MR) is 86.2 cm³/mol. The fraction of sp³-hybridized carbons (Fsp3) is 0.200. The van der Waals surface area contributed by atoms with Crippen LogP contribution in [-0.2, 0) is 11.9 Å². The quantitative estimate of drug-likeness (QED) is 0.421. The molecule has 0 heterocycles. The molecule has 2 aromatic carbocycles. The van der Waals surface area contributed by atoms with Gasteiger partial charge in [0.15, 0.2) is 0 Å². The molecule has 0 aliphatic carbocycles. The molecule has 0 radical (unpaired) electrons. The summed E-state index contributed by atoms with van der Waals surface area (Å²) in [5.74, 6) is 0.687. The fourth-order valence-electron chi connectivity index (χ4n) is 1.96. The van der Waals surface area contributed by atoms with Crippen LogP contribution in [0.1, 0.15) is 16.7 Å². The summed E-state index contributed by atoms with van der Waals surface area (Å²) in [7, 11) is 0. The second-order valence-electron chi connectivity index (χ2n) is 4.53. The van der Waals surface area contributed by atoms with Crippen LogP contribution in [0.25, 0.3) is 0 Å². The van der Waals surface area contributed by atoms with Gasteiger partial charge in [-0.15, -0.1) is 0 Å². The third-order valence-electron chi connectivity index (χ3n) is 3.02. The van der Waals surface area contributed by atoms with Crippen molar-refractivity contribution in [2.24, 2.45) is 0 Å². The summed E-state index contributed by atoms with van der Waals surface area (Å²) < 4.78 is 5.72. The van der Waals surface area contributed by atoms with Crippen LogP contribution in [0.3, 0.4) is 0 Å². The SMILES string of the molecule is Cc1ccc(OCc2c(Cl)cccc2[N+](=O)[O-])c(CBr)c1. The van der Waals surface area contributed by atoms with Gasteiger partial charge in [0.2, 0.25) is 0 Å². The van der Waals surface area contributed by atoms with Crippen molar-refractivity contribution in [3.8, 4) is 5.75 Å². The summed E-state index contributed by atoms with van der Waals surface area (Å²) in [6.07, 6.45) is 0. The Morgan fingerprint density at radius 3 is 2.76 bits per heavy atom. The molecule has 110 valence electrons. The zero-order valence-corrected chi connectivity index (χ0v) is 13.6. The van der Waals surface area contributed by atoms with Crippen LogP contribution >= 0.6 is 27.5 Å². The normalized spacial score (nSPS) is 10.4. The maximum Gasteiger partial charge on any atom is 0.277 e. The van der Waals surface area contributed by atoms with Crippen molar-refractivity contribution in [1.29, 1.82) is 0 Å². The maximum atomic E-state index is 11.0. The number of halogens is 2. The van der Waals surface area contributed by atoms with Gasteiger partial charge in [-0.25, -0.2) is 0 Å². The minimum atomic E-state index is -0.453. The Kier molecular flexibility index (Phi) is 5.20. The van der Waals surface area contributed by atoms with Crippen molar-refractivity contribution in [2.75, 3.05) is 0 Å². The highest BCUT2D eigenvalue weighted by Gasteiger charge is 2.17. The van der Waals surface area contributed by atoms with E-state index in [0.29, 0.717) is 21.7 Å². The maximum absolute atomic E-state index is 11.0. The number of nitro groups is 1. The standard InChI is InChI=1S/C15H13BrClNO3/c1-10-5-6-15(11(7-10)8-16)21-9-12-13(17)3-2-4-14(12)18(19)20/h2-7H,8-9H2,1H3. The molecule has 0 aromatic heterocycles. The molecule has 0 unspecified atom stereocenters. The third-order valence-corrected chi connectivity index (χ3v) is 3.98. The molecule has 0 bridgehead atoms. The van der Waals surface area contributed by atoms with E-state index < -0.39 is 4.92 Å². The molecule has 0 saturated heterocycles. The van der Waals surface area contributed by atoms with Crippen LogP contribution in [0.5, 0.6) is 5.75 Å². The van der Waals surface area contributed by atoms with Gasteiger partial charge in [0.05, 0.1) is 15.5 Å². The minimum absolute atomic E-state index is 0.0324. The highest BCUT2D eigenvalue weighted by molar-refractivity contribution is 9.08. The van der Waals surface area contributed by atoms with E-state index >= 15 is 0 Å². The Hall–Kier alpha value is -1.59. The van der Waals surface area contributed by atoms with E-state index in [1.807, 2.05) is 25.1 Å². The summed E-state index contributed by atoms with van der Waals surface area (Å²) in [5.41, 5.74) is 2.46. The predicted octanol–water partition coefficient (Wildman–Crippen LogP) is 5.03. The average Bonchev–Trinajstić information content (AvgIpc) is 2.46. The molecule has 0 atom stereocenters. The molecule has 6 heteroatoms. The second-order valence-corrected chi connectivity index (χ2v) is 5.50. The molecule has 2 aromatic rings. The third kappa shape index (κ3) is 3.74. The Morgan fingerprint density at radius 2 is 2.10 bits per heavy atom. The number of ether oxygens (including phenoxy) is 1. The van der Waals surface area contributed by atoms with E-state index in [9.17, 15) is 10.1 Å². The summed E-state index contributed by atoms with van der Waals surface area (Å²) in [5, 5.41) is 12.0. The van der Waals surface area contributed by atoms with E-state index in [4.69, 9.17) is 16.3 Å². The van der Waals surface area contributed by atoms with Crippen LogP contribution in [0.15, 0.2) is 36.4 Å². The van der Waals surface area contributed by atoms with Gasteiger partial charge >= 0.3 is 0 Å². The fourth-order valence-corrected chi connectivity index (χ4v) is 2.63. The molecular weight excluding hydrogens is 358 g/mol. The van der Waals surface area contributed by atoms with Gasteiger partial charge in [-0.1, -0.05) is 51.3 Å². The van der Waals surface area contributed by atoms with E-state index in [-0.39, 0.29) is 12.3 Å².